The number of aromatic nitrogens is 6. The highest BCUT2D eigenvalue weighted by molar-refractivity contribution is 6.12. The fourth-order valence-electron chi connectivity index (χ4n) is 8.55. The Kier molecular flexibility index (Phi) is 7.73. The van der Waals surface area contributed by atoms with Crippen molar-refractivity contribution in [3.63, 3.8) is 0 Å². The van der Waals surface area contributed by atoms with Crippen LogP contribution in [-0.2, 0) is 5.41 Å². The molecular weight excluding hydrogens is 709 g/mol. The molecule has 0 spiro atoms. The second-order valence-electron chi connectivity index (χ2n) is 15.4. The van der Waals surface area contributed by atoms with Crippen molar-refractivity contribution in [2.24, 2.45) is 0 Å². The molecule has 7 aromatic carbocycles. The minimum atomic E-state index is -0.193. The Morgan fingerprint density at radius 2 is 0.845 bits per heavy atom. The maximum atomic E-state index is 5.33. The molecule has 0 unspecified atom stereocenters. The van der Waals surface area contributed by atoms with Gasteiger partial charge >= 0.3 is 0 Å². The van der Waals surface area contributed by atoms with Gasteiger partial charge in [-0.1, -0.05) is 159 Å². The highest BCUT2D eigenvalue weighted by atomic mass is 15.2. The van der Waals surface area contributed by atoms with Crippen LogP contribution in [-0.4, -0.2) is 29.5 Å². The van der Waals surface area contributed by atoms with Crippen LogP contribution in [0.1, 0.15) is 25.0 Å². The van der Waals surface area contributed by atoms with Crippen LogP contribution >= 0.6 is 0 Å². The minimum Gasteiger partial charge on any atom is -0.278 e. The lowest BCUT2D eigenvalue weighted by atomic mass is 9.82. The van der Waals surface area contributed by atoms with Gasteiger partial charge in [0.2, 0.25) is 5.95 Å². The molecule has 0 saturated carbocycles. The average Bonchev–Trinajstić information content (AvgIpc) is 3.73. The normalized spacial score (nSPS) is 12.8. The van der Waals surface area contributed by atoms with Crippen molar-refractivity contribution < 1.29 is 0 Å². The number of rotatable bonds is 6. The molecule has 0 atom stereocenters. The number of fused-ring (bicyclic) bond motifs is 6. The van der Waals surface area contributed by atoms with Gasteiger partial charge in [-0.3, -0.25) is 4.57 Å². The van der Waals surface area contributed by atoms with Gasteiger partial charge in [0, 0.05) is 44.0 Å². The van der Waals surface area contributed by atoms with Crippen molar-refractivity contribution in [3.8, 4) is 73.8 Å². The Hall–Kier alpha value is -7.57. The number of benzene rings is 7. The predicted molar refractivity (Wildman–Crippen MR) is 234 cm³/mol. The Labute approximate surface area is 336 Å². The van der Waals surface area contributed by atoms with Gasteiger partial charge in [-0.15, -0.1) is 0 Å². The van der Waals surface area contributed by atoms with Crippen molar-refractivity contribution in [2.45, 2.75) is 19.3 Å². The number of hydrogen-bond donors (Lipinski definition) is 0. The van der Waals surface area contributed by atoms with Gasteiger partial charge in [0.05, 0.1) is 22.4 Å². The van der Waals surface area contributed by atoms with Crippen LogP contribution in [0.3, 0.4) is 0 Å². The molecule has 6 nitrogen and oxygen atoms in total. The molecule has 1 aliphatic carbocycles. The molecule has 3 aromatic heterocycles. The monoisotopic (exact) mass is 744 g/mol. The molecule has 3 heterocycles. The van der Waals surface area contributed by atoms with Crippen molar-refractivity contribution in [3.05, 3.63) is 193 Å². The summed E-state index contributed by atoms with van der Waals surface area (Å²) in [5.41, 5.74) is 13.5. The lowest BCUT2D eigenvalue weighted by molar-refractivity contribution is 0.661. The highest BCUT2D eigenvalue weighted by Crippen LogP contribution is 2.51. The summed E-state index contributed by atoms with van der Waals surface area (Å²) in [4.78, 5) is 25.8. The molecule has 0 aliphatic heterocycles. The molecule has 0 bridgehead atoms. The first-order valence-corrected chi connectivity index (χ1v) is 19.6. The molecule has 10 aromatic rings. The van der Waals surface area contributed by atoms with E-state index in [1.165, 1.54) is 22.3 Å². The topological polar surface area (TPSA) is 69.4 Å². The minimum absolute atomic E-state index is 0.193. The zero-order chi connectivity index (χ0) is 38.8. The van der Waals surface area contributed by atoms with Gasteiger partial charge in [0.1, 0.15) is 0 Å². The van der Waals surface area contributed by atoms with Crippen LogP contribution in [0.5, 0.6) is 0 Å². The molecule has 58 heavy (non-hydrogen) atoms. The van der Waals surface area contributed by atoms with E-state index in [2.05, 4.69) is 128 Å². The largest absolute Gasteiger partial charge is 0.278 e. The first kappa shape index (κ1) is 33.7. The Balaban J connectivity index is 1.20. The quantitative estimate of drug-likeness (QED) is 0.170. The van der Waals surface area contributed by atoms with E-state index in [9.17, 15) is 0 Å². The number of nitrogens with zero attached hydrogens (tertiary/aromatic N) is 6. The van der Waals surface area contributed by atoms with Crippen molar-refractivity contribution in [2.75, 3.05) is 0 Å². The van der Waals surface area contributed by atoms with Gasteiger partial charge in [-0.25, -0.2) is 24.9 Å². The van der Waals surface area contributed by atoms with Crippen molar-refractivity contribution in [1.29, 1.82) is 0 Å². The van der Waals surface area contributed by atoms with Crippen molar-refractivity contribution in [1.82, 2.24) is 29.5 Å². The second-order valence-corrected chi connectivity index (χ2v) is 15.4. The number of hydrogen-bond acceptors (Lipinski definition) is 5. The molecule has 0 N–H and O–H groups in total. The SMILES string of the molecule is CC1(C)c2ccccc2-c2cc3c4cc(-c5nc(-c6ccccc6)nc(-c6ccccc6)n5)ccc4n(-c4nc(-c5ccccc5)cc(-c5ccccc5)n4)c3cc21. The van der Waals surface area contributed by atoms with E-state index in [1.807, 2.05) is 72.8 Å². The van der Waals surface area contributed by atoms with E-state index < -0.39 is 0 Å². The summed E-state index contributed by atoms with van der Waals surface area (Å²) in [7, 11) is 0. The molecular formula is C52H36N6. The van der Waals surface area contributed by atoms with Crippen molar-refractivity contribution >= 4 is 21.8 Å². The Morgan fingerprint density at radius 1 is 0.362 bits per heavy atom. The summed E-state index contributed by atoms with van der Waals surface area (Å²) in [5, 5.41) is 2.18. The zero-order valence-corrected chi connectivity index (χ0v) is 32.0. The third kappa shape index (κ3) is 5.52. The summed E-state index contributed by atoms with van der Waals surface area (Å²) in [6.07, 6.45) is 0. The van der Waals surface area contributed by atoms with Crippen LogP contribution in [0.4, 0.5) is 0 Å². The van der Waals surface area contributed by atoms with E-state index in [0.717, 1.165) is 61.0 Å². The first-order chi connectivity index (χ1) is 28.5. The van der Waals surface area contributed by atoms with E-state index in [-0.39, 0.29) is 5.41 Å². The average molecular weight is 745 g/mol. The summed E-state index contributed by atoms with van der Waals surface area (Å²) >= 11 is 0. The predicted octanol–water partition coefficient (Wildman–Crippen LogP) is 12.4. The van der Waals surface area contributed by atoms with E-state index in [0.29, 0.717) is 23.4 Å². The summed E-state index contributed by atoms with van der Waals surface area (Å²) in [6.45, 7) is 4.65. The van der Waals surface area contributed by atoms with Crippen LogP contribution in [0.15, 0.2) is 182 Å². The van der Waals surface area contributed by atoms with Gasteiger partial charge < -0.3 is 0 Å². The van der Waals surface area contributed by atoms with Gasteiger partial charge in [0.15, 0.2) is 17.5 Å². The van der Waals surface area contributed by atoms with E-state index >= 15 is 0 Å². The molecule has 274 valence electrons. The summed E-state index contributed by atoms with van der Waals surface area (Å²) in [6, 6.07) is 63.1. The molecule has 0 radical (unpaired) electrons. The van der Waals surface area contributed by atoms with E-state index in [1.54, 1.807) is 0 Å². The maximum Gasteiger partial charge on any atom is 0.235 e. The molecule has 1 aliphatic rings. The smallest absolute Gasteiger partial charge is 0.235 e. The lowest BCUT2D eigenvalue weighted by Crippen LogP contribution is -2.15. The van der Waals surface area contributed by atoms with Crippen LogP contribution in [0.25, 0.3) is 95.6 Å². The van der Waals surface area contributed by atoms with E-state index in [4.69, 9.17) is 24.9 Å². The summed E-state index contributed by atoms with van der Waals surface area (Å²) in [5.74, 6) is 2.47. The van der Waals surface area contributed by atoms with Gasteiger partial charge in [0.25, 0.3) is 0 Å². The third-order valence-corrected chi connectivity index (χ3v) is 11.5. The van der Waals surface area contributed by atoms with Crippen LogP contribution in [0, 0.1) is 0 Å². The second kappa shape index (κ2) is 13.3. The highest BCUT2D eigenvalue weighted by Gasteiger charge is 2.36. The molecule has 11 rings (SSSR count). The fourth-order valence-corrected chi connectivity index (χ4v) is 8.55. The molecule has 0 fully saturated rings. The molecule has 0 saturated heterocycles. The van der Waals surface area contributed by atoms with Gasteiger partial charge in [-0.2, -0.15) is 0 Å². The fraction of sp³-hybridized carbons (Fsp3) is 0.0577. The van der Waals surface area contributed by atoms with Gasteiger partial charge in [-0.05, 0) is 58.7 Å². The zero-order valence-electron chi connectivity index (χ0n) is 32.0. The van der Waals surface area contributed by atoms with Crippen LogP contribution in [0.2, 0.25) is 0 Å². The Morgan fingerprint density at radius 3 is 1.41 bits per heavy atom. The molecule has 6 heteroatoms. The third-order valence-electron chi connectivity index (χ3n) is 11.5. The Bertz CT molecular complexity index is 3060. The maximum absolute atomic E-state index is 5.33. The van der Waals surface area contributed by atoms with Crippen LogP contribution < -0.4 is 0 Å². The lowest BCUT2D eigenvalue weighted by Gasteiger charge is -2.21. The first-order valence-electron chi connectivity index (χ1n) is 19.6. The standard InChI is InChI=1S/C52H36N6/c1-52(2)42-26-16-15-25-38(42)39-30-41-40-29-37(50-56-48(35-21-11-5-12-22-35)55-49(57-50)36-23-13-6-14-24-36)27-28-46(40)58(47(41)31-43(39)52)51-53-44(33-17-7-3-8-18-33)32-45(54-51)34-19-9-4-10-20-34/h3-32H,1-2H3. The summed E-state index contributed by atoms with van der Waals surface area (Å²) < 4.78 is 2.24. The molecule has 0 amide bonds.